The van der Waals surface area contributed by atoms with Crippen molar-refractivity contribution < 1.29 is 5.21 Å². The number of aryl methyl sites for hydroxylation is 3. The summed E-state index contributed by atoms with van der Waals surface area (Å²) in [6.07, 6.45) is 0. The average Bonchev–Trinajstić information content (AvgIpc) is 2.42. The molecule has 21 heavy (non-hydrogen) atoms. The fraction of sp³-hybridized carbons (Fsp3) is 0.250. The summed E-state index contributed by atoms with van der Waals surface area (Å²) in [6, 6.07) is 10.2. The van der Waals surface area contributed by atoms with Gasteiger partial charge in [0.2, 0.25) is 0 Å². The third-order valence-electron chi connectivity index (χ3n) is 3.00. The van der Waals surface area contributed by atoms with Crippen LogP contribution in [0.5, 0.6) is 0 Å². The number of pyridine rings is 1. The molecule has 0 saturated carbocycles. The molecular weight excluding hydrogens is 282 g/mol. The number of thioether (sulfide) groups is 1. The normalized spacial score (nSPS) is 11.7. The van der Waals surface area contributed by atoms with Gasteiger partial charge in [-0.05, 0) is 38.5 Å². The zero-order valence-electron chi connectivity index (χ0n) is 12.4. The van der Waals surface area contributed by atoms with E-state index in [1.165, 1.54) is 16.7 Å². The largest absolute Gasteiger partial charge is 0.409 e. The monoisotopic (exact) mass is 301 g/mol. The molecule has 0 atom stereocenters. The minimum absolute atomic E-state index is 0.105. The summed E-state index contributed by atoms with van der Waals surface area (Å²) < 4.78 is 0. The van der Waals surface area contributed by atoms with Crippen LogP contribution in [0, 0.1) is 20.8 Å². The van der Waals surface area contributed by atoms with Crippen molar-refractivity contribution in [1.82, 2.24) is 4.98 Å². The maximum atomic E-state index is 8.77. The molecule has 0 fully saturated rings. The zero-order valence-corrected chi connectivity index (χ0v) is 13.2. The van der Waals surface area contributed by atoms with Crippen molar-refractivity contribution in [3.05, 3.63) is 58.3 Å². The fourth-order valence-electron chi connectivity index (χ4n) is 2.23. The molecule has 4 nitrogen and oxygen atoms in total. The van der Waals surface area contributed by atoms with Gasteiger partial charge in [-0.25, -0.2) is 4.98 Å². The van der Waals surface area contributed by atoms with Gasteiger partial charge in [-0.1, -0.05) is 34.5 Å². The molecule has 1 aromatic carbocycles. The quantitative estimate of drug-likeness (QED) is 0.298. The predicted molar refractivity (Wildman–Crippen MR) is 87.0 cm³/mol. The van der Waals surface area contributed by atoms with Crippen LogP contribution in [-0.2, 0) is 5.75 Å². The van der Waals surface area contributed by atoms with Gasteiger partial charge in [-0.3, -0.25) is 0 Å². The van der Waals surface area contributed by atoms with Crippen molar-refractivity contribution in [1.29, 1.82) is 0 Å². The van der Waals surface area contributed by atoms with E-state index in [2.05, 4.69) is 42.2 Å². The van der Waals surface area contributed by atoms with Crippen LogP contribution in [0.2, 0.25) is 0 Å². The van der Waals surface area contributed by atoms with Crippen molar-refractivity contribution in [2.45, 2.75) is 31.6 Å². The molecule has 0 unspecified atom stereocenters. The first-order chi connectivity index (χ1) is 9.97. The van der Waals surface area contributed by atoms with Gasteiger partial charge in [0, 0.05) is 17.0 Å². The van der Waals surface area contributed by atoms with Gasteiger partial charge >= 0.3 is 0 Å². The molecule has 3 N–H and O–H groups in total. The molecule has 110 valence electrons. The second-order valence-electron chi connectivity index (χ2n) is 5.11. The van der Waals surface area contributed by atoms with Crippen molar-refractivity contribution in [2.24, 2.45) is 10.9 Å². The van der Waals surface area contributed by atoms with Crippen molar-refractivity contribution in [2.75, 3.05) is 0 Å². The first-order valence-electron chi connectivity index (χ1n) is 6.64. The van der Waals surface area contributed by atoms with E-state index in [1.54, 1.807) is 17.8 Å². The minimum atomic E-state index is 0.105. The Bertz CT molecular complexity index is 663. The average molecular weight is 301 g/mol. The maximum Gasteiger partial charge on any atom is 0.170 e. The Kier molecular flexibility index (Phi) is 4.85. The maximum absolute atomic E-state index is 8.77. The predicted octanol–water partition coefficient (Wildman–Crippen LogP) is 3.39. The van der Waals surface area contributed by atoms with Gasteiger partial charge in [-0.2, -0.15) is 0 Å². The Morgan fingerprint density at radius 1 is 1.14 bits per heavy atom. The van der Waals surface area contributed by atoms with E-state index in [0.717, 1.165) is 16.5 Å². The molecule has 1 aromatic heterocycles. The van der Waals surface area contributed by atoms with Gasteiger partial charge in [0.15, 0.2) is 5.84 Å². The van der Waals surface area contributed by atoms with Gasteiger partial charge in [0.1, 0.15) is 0 Å². The topological polar surface area (TPSA) is 71.5 Å². The van der Waals surface area contributed by atoms with Crippen LogP contribution in [0.1, 0.15) is 27.9 Å². The zero-order chi connectivity index (χ0) is 15.4. The molecular formula is C16H19N3OS. The number of benzene rings is 1. The molecule has 0 aliphatic heterocycles. The highest BCUT2D eigenvalue weighted by Gasteiger charge is 2.06. The Balaban J connectivity index is 2.18. The number of aromatic nitrogens is 1. The summed E-state index contributed by atoms with van der Waals surface area (Å²) in [6.45, 7) is 6.10. The first-order valence-corrected chi connectivity index (χ1v) is 7.63. The van der Waals surface area contributed by atoms with E-state index in [4.69, 9.17) is 10.9 Å². The minimum Gasteiger partial charge on any atom is -0.409 e. The lowest BCUT2D eigenvalue weighted by Gasteiger charge is -2.07. The molecule has 0 amide bonds. The highest BCUT2D eigenvalue weighted by Crippen LogP contribution is 2.23. The van der Waals surface area contributed by atoms with E-state index < -0.39 is 0 Å². The highest BCUT2D eigenvalue weighted by atomic mass is 32.2. The van der Waals surface area contributed by atoms with E-state index in [1.807, 2.05) is 13.0 Å². The molecule has 0 radical (unpaired) electrons. The number of rotatable bonds is 4. The molecule has 2 aromatic rings. The lowest BCUT2D eigenvalue weighted by molar-refractivity contribution is 0.318. The van der Waals surface area contributed by atoms with Crippen molar-refractivity contribution >= 4 is 17.6 Å². The molecule has 1 heterocycles. The molecule has 2 rings (SSSR count). The second kappa shape index (κ2) is 6.63. The standard InChI is InChI=1S/C16H19N3OS/c1-10-4-11(2)6-13(5-10)9-21-15-8-14(16(17)19-20)7-12(3)18-15/h4-8,20H,9H2,1-3H3,(H2,17,19). The van der Waals surface area contributed by atoms with E-state index >= 15 is 0 Å². The SMILES string of the molecule is Cc1cc(C)cc(CSc2cc(/C(N)=N/O)cc(C)n2)c1. The van der Waals surface area contributed by atoms with Crippen molar-refractivity contribution in [3.8, 4) is 0 Å². The molecule has 0 aliphatic carbocycles. The smallest absolute Gasteiger partial charge is 0.170 e. The number of hydrogen-bond acceptors (Lipinski definition) is 4. The Morgan fingerprint density at radius 2 is 1.81 bits per heavy atom. The Labute approximate surface area is 129 Å². The Hall–Kier alpha value is -2.01. The summed E-state index contributed by atoms with van der Waals surface area (Å²) in [7, 11) is 0. The van der Waals surface area contributed by atoms with Crippen LogP contribution in [0.4, 0.5) is 0 Å². The fourth-order valence-corrected chi connectivity index (χ4v) is 3.13. The summed E-state index contributed by atoms with van der Waals surface area (Å²) in [4.78, 5) is 4.48. The Morgan fingerprint density at radius 3 is 2.43 bits per heavy atom. The summed E-state index contributed by atoms with van der Waals surface area (Å²) in [5.41, 5.74) is 11.0. The van der Waals surface area contributed by atoms with E-state index in [9.17, 15) is 0 Å². The van der Waals surface area contributed by atoms with E-state index in [-0.39, 0.29) is 5.84 Å². The number of nitrogens with zero attached hydrogens (tertiary/aromatic N) is 2. The van der Waals surface area contributed by atoms with E-state index in [0.29, 0.717) is 5.56 Å². The van der Waals surface area contributed by atoms with Crippen LogP contribution in [0.3, 0.4) is 0 Å². The number of hydrogen-bond donors (Lipinski definition) is 2. The molecule has 0 aliphatic rings. The molecule has 0 spiro atoms. The third-order valence-corrected chi connectivity index (χ3v) is 3.98. The third kappa shape index (κ3) is 4.23. The van der Waals surface area contributed by atoms with Crippen LogP contribution in [0.15, 0.2) is 40.5 Å². The van der Waals surface area contributed by atoms with Gasteiger partial charge < -0.3 is 10.9 Å². The van der Waals surface area contributed by atoms with Gasteiger partial charge in [0.25, 0.3) is 0 Å². The van der Waals surface area contributed by atoms with Crippen LogP contribution in [0.25, 0.3) is 0 Å². The number of oxime groups is 1. The number of nitrogens with two attached hydrogens (primary N) is 1. The molecule has 0 saturated heterocycles. The molecule has 0 bridgehead atoms. The van der Waals surface area contributed by atoms with Gasteiger partial charge in [0.05, 0.1) is 5.03 Å². The van der Waals surface area contributed by atoms with Crippen molar-refractivity contribution in [3.63, 3.8) is 0 Å². The van der Waals surface area contributed by atoms with Crippen LogP contribution >= 0.6 is 11.8 Å². The first kappa shape index (κ1) is 15.4. The van der Waals surface area contributed by atoms with Gasteiger partial charge in [-0.15, -0.1) is 11.8 Å². The summed E-state index contributed by atoms with van der Waals surface area (Å²) in [5.74, 6) is 0.947. The highest BCUT2D eigenvalue weighted by molar-refractivity contribution is 7.98. The van der Waals surface area contributed by atoms with Crippen LogP contribution in [-0.4, -0.2) is 16.0 Å². The second-order valence-corrected chi connectivity index (χ2v) is 6.10. The molecule has 5 heteroatoms. The number of amidine groups is 1. The summed E-state index contributed by atoms with van der Waals surface area (Å²) in [5, 5.41) is 12.7. The summed E-state index contributed by atoms with van der Waals surface area (Å²) >= 11 is 1.64. The lowest BCUT2D eigenvalue weighted by atomic mass is 10.1. The lowest BCUT2D eigenvalue weighted by Crippen LogP contribution is -2.13. The van der Waals surface area contributed by atoms with Crippen LogP contribution < -0.4 is 5.73 Å².